The average Bonchev–Trinajstić information content (AvgIpc) is 2.73. The van der Waals surface area contributed by atoms with E-state index in [0.29, 0.717) is 0 Å². The van der Waals surface area contributed by atoms with E-state index < -0.39 is 0 Å². The lowest BCUT2D eigenvalue weighted by Crippen LogP contribution is -2.03. The van der Waals surface area contributed by atoms with Crippen molar-refractivity contribution in [3.63, 3.8) is 0 Å². The van der Waals surface area contributed by atoms with Crippen LogP contribution in [0.3, 0.4) is 0 Å². The Morgan fingerprint density at radius 2 is 2.20 bits per heavy atom. The van der Waals surface area contributed by atoms with Gasteiger partial charge < -0.3 is 10.3 Å². The molecule has 80 valence electrons. The van der Waals surface area contributed by atoms with Crippen LogP contribution in [0.25, 0.3) is 11.3 Å². The van der Waals surface area contributed by atoms with Gasteiger partial charge in [-0.05, 0) is 20.8 Å². The topological polar surface area (TPSA) is 64.9 Å². The molecule has 2 rings (SSSR count). The Kier molecular flexibility index (Phi) is 2.58. The molecule has 4 nitrogen and oxygen atoms in total. The Morgan fingerprint density at radius 1 is 1.47 bits per heavy atom. The van der Waals surface area contributed by atoms with Crippen LogP contribution in [0.4, 0.5) is 0 Å². The van der Waals surface area contributed by atoms with E-state index in [0.717, 1.165) is 27.7 Å². The Hall–Kier alpha value is -1.20. The molecule has 5 heteroatoms. The van der Waals surface area contributed by atoms with Crippen molar-refractivity contribution >= 4 is 11.3 Å². The summed E-state index contributed by atoms with van der Waals surface area (Å²) in [5, 5.41) is 6.83. The lowest BCUT2D eigenvalue weighted by Gasteiger charge is -1.97. The Balaban J connectivity index is 2.46. The smallest absolute Gasteiger partial charge is 0.143 e. The van der Waals surface area contributed by atoms with Gasteiger partial charge in [0.1, 0.15) is 10.8 Å². The number of rotatable bonds is 2. The minimum absolute atomic E-state index is 0.0239. The highest BCUT2D eigenvalue weighted by Crippen LogP contribution is 2.29. The van der Waals surface area contributed by atoms with Gasteiger partial charge in [-0.15, -0.1) is 11.3 Å². The summed E-state index contributed by atoms with van der Waals surface area (Å²) < 4.78 is 5.10. The van der Waals surface area contributed by atoms with Crippen LogP contribution in [-0.2, 0) is 0 Å². The second kappa shape index (κ2) is 3.75. The van der Waals surface area contributed by atoms with Gasteiger partial charge in [0, 0.05) is 5.38 Å². The highest BCUT2D eigenvalue weighted by molar-refractivity contribution is 7.10. The van der Waals surface area contributed by atoms with Crippen LogP contribution in [-0.4, -0.2) is 10.1 Å². The predicted molar refractivity (Wildman–Crippen MR) is 59.7 cm³/mol. The molecule has 2 aromatic rings. The highest BCUT2D eigenvalue weighted by atomic mass is 32.1. The predicted octanol–water partition coefficient (Wildman–Crippen LogP) is 2.43. The first-order chi connectivity index (χ1) is 7.09. The second-order valence-corrected chi connectivity index (χ2v) is 4.45. The molecule has 0 spiro atoms. The van der Waals surface area contributed by atoms with Crippen LogP contribution >= 0.6 is 11.3 Å². The minimum atomic E-state index is -0.0239. The number of nitrogens with zero attached hydrogens (tertiary/aromatic N) is 2. The number of aromatic nitrogens is 2. The van der Waals surface area contributed by atoms with Gasteiger partial charge in [-0.1, -0.05) is 5.16 Å². The molecule has 0 amide bonds. The van der Waals surface area contributed by atoms with Crippen molar-refractivity contribution in [3.8, 4) is 11.3 Å². The lowest BCUT2D eigenvalue weighted by atomic mass is 10.1. The molecule has 2 N–H and O–H groups in total. The zero-order valence-corrected chi connectivity index (χ0v) is 9.76. The number of thiazole rings is 1. The summed E-state index contributed by atoms with van der Waals surface area (Å²) in [6, 6.07) is -0.0239. The van der Waals surface area contributed by atoms with Crippen molar-refractivity contribution in [3.05, 3.63) is 21.8 Å². The third-order valence-electron chi connectivity index (χ3n) is 2.20. The van der Waals surface area contributed by atoms with Crippen LogP contribution in [0.1, 0.15) is 29.4 Å². The van der Waals surface area contributed by atoms with Crippen molar-refractivity contribution in [2.24, 2.45) is 5.73 Å². The largest absolute Gasteiger partial charge is 0.361 e. The molecule has 0 saturated heterocycles. The zero-order valence-electron chi connectivity index (χ0n) is 8.94. The summed E-state index contributed by atoms with van der Waals surface area (Å²) in [4.78, 5) is 4.47. The van der Waals surface area contributed by atoms with E-state index in [1.54, 1.807) is 11.3 Å². The molecule has 0 aliphatic heterocycles. The van der Waals surface area contributed by atoms with Gasteiger partial charge in [0.25, 0.3) is 0 Å². The van der Waals surface area contributed by atoms with Crippen LogP contribution in [0, 0.1) is 13.8 Å². The van der Waals surface area contributed by atoms with E-state index in [1.807, 2.05) is 26.2 Å². The van der Waals surface area contributed by atoms with Gasteiger partial charge in [0.2, 0.25) is 0 Å². The van der Waals surface area contributed by atoms with Crippen LogP contribution < -0.4 is 5.73 Å². The first kappa shape index (κ1) is 10.3. The lowest BCUT2D eigenvalue weighted by molar-refractivity contribution is 0.393. The quantitative estimate of drug-likeness (QED) is 0.849. The third-order valence-corrected chi connectivity index (χ3v) is 3.25. The van der Waals surface area contributed by atoms with Gasteiger partial charge in [-0.3, -0.25) is 0 Å². The molecule has 0 saturated carbocycles. The monoisotopic (exact) mass is 223 g/mol. The van der Waals surface area contributed by atoms with Crippen LogP contribution in [0.2, 0.25) is 0 Å². The van der Waals surface area contributed by atoms with E-state index in [2.05, 4.69) is 10.1 Å². The van der Waals surface area contributed by atoms with Crippen molar-refractivity contribution < 1.29 is 4.52 Å². The molecule has 0 aliphatic rings. The molecule has 0 aromatic carbocycles. The van der Waals surface area contributed by atoms with Gasteiger partial charge in [0.05, 0.1) is 23.0 Å². The van der Waals surface area contributed by atoms with Gasteiger partial charge in [-0.2, -0.15) is 0 Å². The highest BCUT2D eigenvalue weighted by Gasteiger charge is 2.15. The number of aryl methyl sites for hydroxylation is 2. The maximum Gasteiger partial charge on any atom is 0.143 e. The van der Waals surface area contributed by atoms with E-state index in [4.69, 9.17) is 10.3 Å². The fourth-order valence-electron chi connectivity index (χ4n) is 1.46. The molecule has 1 unspecified atom stereocenters. The van der Waals surface area contributed by atoms with E-state index >= 15 is 0 Å². The molecular formula is C10H13N3OS. The Morgan fingerprint density at radius 3 is 2.67 bits per heavy atom. The van der Waals surface area contributed by atoms with E-state index in [9.17, 15) is 0 Å². The normalized spacial score (nSPS) is 13.1. The zero-order chi connectivity index (χ0) is 11.0. The minimum Gasteiger partial charge on any atom is -0.361 e. The van der Waals surface area contributed by atoms with E-state index in [-0.39, 0.29) is 6.04 Å². The van der Waals surface area contributed by atoms with Crippen molar-refractivity contribution in [2.45, 2.75) is 26.8 Å². The molecule has 0 fully saturated rings. The summed E-state index contributed by atoms with van der Waals surface area (Å²) in [6.07, 6.45) is 0. The van der Waals surface area contributed by atoms with Crippen molar-refractivity contribution in [1.82, 2.24) is 10.1 Å². The molecule has 1 atom stereocenters. The number of hydrogen-bond acceptors (Lipinski definition) is 5. The van der Waals surface area contributed by atoms with E-state index in [1.165, 1.54) is 0 Å². The maximum atomic E-state index is 5.77. The molecule has 0 radical (unpaired) electrons. The van der Waals surface area contributed by atoms with Crippen molar-refractivity contribution in [1.29, 1.82) is 0 Å². The molecule has 0 aliphatic carbocycles. The maximum absolute atomic E-state index is 5.77. The standard InChI is InChI=1S/C10H13N3OS/c1-5(11)10-12-8(4-15-10)9-6(2)13-14-7(9)3/h4-5H,11H2,1-3H3. The molecule has 15 heavy (non-hydrogen) atoms. The molecule has 2 heterocycles. The molecular weight excluding hydrogens is 210 g/mol. The second-order valence-electron chi connectivity index (χ2n) is 3.56. The third kappa shape index (κ3) is 1.80. The summed E-state index contributed by atoms with van der Waals surface area (Å²) in [6.45, 7) is 5.73. The summed E-state index contributed by atoms with van der Waals surface area (Å²) in [5.74, 6) is 0.800. The molecule has 2 aromatic heterocycles. The van der Waals surface area contributed by atoms with Gasteiger partial charge >= 0.3 is 0 Å². The van der Waals surface area contributed by atoms with Crippen LogP contribution in [0.15, 0.2) is 9.90 Å². The first-order valence-corrected chi connectivity index (χ1v) is 5.62. The number of hydrogen-bond donors (Lipinski definition) is 1. The Labute approximate surface area is 92.1 Å². The average molecular weight is 223 g/mol. The summed E-state index contributed by atoms with van der Waals surface area (Å²) >= 11 is 1.57. The fraction of sp³-hybridized carbons (Fsp3) is 0.400. The van der Waals surface area contributed by atoms with Gasteiger partial charge in [0.15, 0.2) is 0 Å². The summed E-state index contributed by atoms with van der Waals surface area (Å²) in [7, 11) is 0. The SMILES string of the molecule is Cc1noc(C)c1-c1csc(C(C)N)n1. The molecule has 0 bridgehead atoms. The first-order valence-electron chi connectivity index (χ1n) is 4.74. The van der Waals surface area contributed by atoms with Gasteiger partial charge in [-0.25, -0.2) is 4.98 Å². The van der Waals surface area contributed by atoms with Crippen LogP contribution in [0.5, 0.6) is 0 Å². The Bertz CT molecular complexity index is 453. The number of nitrogens with two attached hydrogens (primary N) is 1. The fourth-order valence-corrected chi connectivity index (χ4v) is 2.23. The van der Waals surface area contributed by atoms with Crippen molar-refractivity contribution in [2.75, 3.05) is 0 Å². The summed E-state index contributed by atoms with van der Waals surface area (Å²) in [5.41, 5.74) is 8.53.